The minimum Gasteiger partial charge on any atom is -0.352 e. The van der Waals surface area contributed by atoms with Crippen molar-refractivity contribution in [3.05, 3.63) is 35.4 Å². The number of alkyl halides is 3. The first kappa shape index (κ1) is 23.5. The second-order valence-corrected chi connectivity index (χ2v) is 7.93. The topological polar surface area (TPSA) is 58.4 Å². The number of likely N-dealkylation sites (tertiary alicyclic amines) is 1. The van der Waals surface area contributed by atoms with Gasteiger partial charge < -0.3 is 11.1 Å². The molecule has 4 nitrogen and oxygen atoms in total. The van der Waals surface area contributed by atoms with Crippen molar-refractivity contribution >= 4 is 5.91 Å². The Hall–Kier alpha value is -1.74. The molecule has 0 aromatic heterocycles. The smallest absolute Gasteiger partial charge is 0.262 e. The summed E-state index contributed by atoms with van der Waals surface area (Å²) in [5, 5.41) is 2.41. The van der Waals surface area contributed by atoms with Crippen LogP contribution < -0.4 is 11.1 Å². The number of rotatable bonds is 9. The Morgan fingerprint density at radius 3 is 2.76 bits per heavy atom. The van der Waals surface area contributed by atoms with Crippen molar-refractivity contribution in [2.24, 2.45) is 5.73 Å². The molecule has 0 bridgehead atoms. The maximum Gasteiger partial charge on any atom is 0.262 e. The van der Waals surface area contributed by atoms with E-state index >= 15 is 0 Å². The van der Waals surface area contributed by atoms with E-state index in [4.69, 9.17) is 5.73 Å². The van der Waals surface area contributed by atoms with Crippen LogP contribution in [0.2, 0.25) is 0 Å². The largest absolute Gasteiger partial charge is 0.352 e. The summed E-state index contributed by atoms with van der Waals surface area (Å²) in [6, 6.07) is 1.90. The van der Waals surface area contributed by atoms with Gasteiger partial charge in [-0.3, -0.25) is 9.69 Å². The molecule has 0 aliphatic carbocycles. The number of nitrogens with two attached hydrogens (primary N) is 1. The van der Waals surface area contributed by atoms with Crippen molar-refractivity contribution < 1.29 is 26.7 Å². The second kappa shape index (κ2) is 9.38. The summed E-state index contributed by atoms with van der Waals surface area (Å²) in [7, 11) is 0. The lowest BCUT2D eigenvalue weighted by molar-refractivity contribution is -0.132. The van der Waals surface area contributed by atoms with Crippen LogP contribution in [0.1, 0.15) is 38.7 Å². The molecule has 1 heterocycles. The maximum absolute atomic E-state index is 14.0. The molecule has 1 fully saturated rings. The Morgan fingerprint density at radius 2 is 2.10 bits per heavy atom. The third-order valence-electron chi connectivity index (χ3n) is 5.40. The van der Waals surface area contributed by atoms with E-state index in [0.717, 1.165) is 25.1 Å². The number of hydrogen-bond acceptors (Lipinski definition) is 3. The highest BCUT2D eigenvalue weighted by atomic mass is 19.3. The number of hydrogen-bond donors (Lipinski definition) is 2. The van der Waals surface area contributed by atoms with Gasteiger partial charge in [0.05, 0.1) is 6.54 Å². The number of carbonyl (C=O) groups is 1. The highest BCUT2D eigenvalue weighted by molar-refractivity contribution is 5.84. The molecular weight excluding hydrogens is 393 g/mol. The van der Waals surface area contributed by atoms with Crippen molar-refractivity contribution in [1.82, 2.24) is 10.2 Å². The normalized spacial score (nSPS) is 22.3. The lowest BCUT2D eigenvalue weighted by Crippen LogP contribution is -2.47. The first-order valence-corrected chi connectivity index (χ1v) is 9.72. The molecule has 2 unspecified atom stereocenters. The first-order chi connectivity index (χ1) is 13.4. The highest BCUT2D eigenvalue weighted by Crippen LogP contribution is 2.32. The monoisotopic (exact) mass is 421 g/mol. The van der Waals surface area contributed by atoms with E-state index in [1.165, 1.54) is 11.8 Å². The maximum atomic E-state index is 14.0. The van der Waals surface area contributed by atoms with Gasteiger partial charge in [-0.1, -0.05) is 6.92 Å². The number of nitrogens with one attached hydrogen (secondary N) is 1. The predicted octanol–water partition coefficient (Wildman–Crippen LogP) is 3.19. The van der Waals surface area contributed by atoms with Gasteiger partial charge in [0, 0.05) is 31.6 Å². The zero-order valence-corrected chi connectivity index (χ0v) is 16.7. The highest BCUT2D eigenvalue weighted by Gasteiger charge is 2.45. The molecule has 9 heteroatoms. The fraction of sp³-hybridized carbons (Fsp3) is 0.650. The Morgan fingerprint density at radius 1 is 1.41 bits per heavy atom. The SMILES string of the molecule is CCC(C)(F)C(=O)NC[C@@H]1CC(F)(F)CN1CCC(N)Cc1cc(F)ccc1F. The molecule has 0 radical (unpaired) electrons. The summed E-state index contributed by atoms with van der Waals surface area (Å²) in [6.07, 6.45) is -0.108. The van der Waals surface area contributed by atoms with E-state index < -0.39 is 54.2 Å². The van der Waals surface area contributed by atoms with E-state index in [1.54, 1.807) is 0 Å². The minimum atomic E-state index is -2.92. The zero-order valence-electron chi connectivity index (χ0n) is 16.7. The van der Waals surface area contributed by atoms with Crippen LogP contribution in [0.25, 0.3) is 0 Å². The molecule has 1 aliphatic rings. The quantitative estimate of drug-likeness (QED) is 0.602. The molecule has 1 aromatic carbocycles. The Kier molecular flexibility index (Phi) is 7.62. The molecular formula is C20H28F5N3O. The van der Waals surface area contributed by atoms with Crippen LogP contribution in [0.15, 0.2) is 18.2 Å². The van der Waals surface area contributed by atoms with Gasteiger partial charge in [0.25, 0.3) is 11.8 Å². The van der Waals surface area contributed by atoms with Crippen LogP contribution in [-0.2, 0) is 11.2 Å². The number of halogens is 5. The summed E-state index contributed by atoms with van der Waals surface area (Å²) < 4.78 is 68.8. The van der Waals surface area contributed by atoms with Crippen LogP contribution in [0.4, 0.5) is 22.0 Å². The van der Waals surface area contributed by atoms with Gasteiger partial charge in [-0.15, -0.1) is 0 Å². The van der Waals surface area contributed by atoms with Gasteiger partial charge in [-0.25, -0.2) is 22.0 Å². The summed E-state index contributed by atoms with van der Waals surface area (Å²) in [6.45, 7) is 2.29. The van der Waals surface area contributed by atoms with E-state index in [0.29, 0.717) is 0 Å². The van der Waals surface area contributed by atoms with E-state index in [2.05, 4.69) is 5.32 Å². The molecule has 0 saturated carbocycles. The van der Waals surface area contributed by atoms with Crippen molar-refractivity contribution in [2.45, 2.75) is 63.2 Å². The molecule has 1 aromatic rings. The summed E-state index contributed by atoms with van der Waals surface area (Å²) in [5.74, 6) is -4.89. The molecule has 0 spiro atoms. The van der Waals surface area contributed by atoms with Gasteiger partial charge in [0.1, 0.15) is 11.6 Å². The Balaban J connectivity index is 1.91. The van der Waals surface area contributed by atoms with Gasteiger partial charge in [0.15, 0.2) is 5.67 Å². The molecule has 1 aliphatic heterocycles. The fourth-order valence-electron chi connectivity index (χ4n) is 3.40. The number of benzene rings is 1. The van der Waals surface area contributed by atoms with Gasteiger partial charge >= 0.3 is 0 Å². The van der Waals surface area contributed by atoms with Crippen molar-refractivity contribution in [3.63, 3.8) is 0 Å². The first-order valence-electron chi connectivity index (χ1n) is 9.72. The Labute approximate surface area is 167 Å². The molecule has 3 N–H and O–H groups in total. The summed E-state index contributed by atoms with van der Waals surface area (Å²) in [5.41, 5.74) is 4.07. The third-order valence-corrected chi connectivity index (χ3v) is 5.40. The molecule has 29 heavy (non-hydrogen) atoms. The van der Waals surface area contributed by atoms with Crippen LogP contribution in [0.3, 0.4) is 0 Å². The third kappa shape index (κ3) is 6.64. The van der Waals surface area contributed by atoms with Crippen LogP contribution >= 0.6 is 0 Å². The summed E-state index contributed by atoms with van der Waals surface area (Å²) in [4.78, 5) is 13.4. The zero-order chi connectivity index (χ0) is 21.8. The summed E-state index contributed by atoms with van der Waals surface area (Å²) >= 11 is 0. The van der Waals surface area contributed by atoms with Gasteiger partial charge in [-0.05, 0) is 49.9 Å². The molecule has 164 valence electrons. The Bertz CT molecular complexity index is 713. The van der Waals surface area contributed by atoms with E-state index in [9.17, 15) is 26.7 Å². The average molecular weight is 421 g/mol. The lowest BCUT2D eigenvalue weighted by Gasteiger charge is -2.26. The average Bonchev–Trinajstić information content (AvgIpc) is 2.94. The van der Waals surface area contributed by atoms with E-state index in [1.807, 2.05) is 0 Å². The minimum absolute atomic E-state index is 0.0190. The van der Waals surface area contributed by atoms with Crippen molar-refractivity contribution in [3.8, 4) is 0 Å². The predicted molar refractivity (Wildman–Crippen MR) is 100 cm³/mol. The standard InChI is InChI=1S/C20H28F5N3O/c1-3-19(2,23)18(29)27-11-16-10-20(24,25)12-28(16)7-6-15(26)9-13-8-14(21)4-5-17(13)22/h4-5,8,15-16H,3,6-7,9-12,26H2,1-2H3,(H,27,29)/t15?,16-,19?/m0/s1. The molecule has 1 amide bonds. The van der Waals surface area contributed by atoms with Crippen molar-refractivity contribution in [1.29, 1.82) is 0 Å². The lowest BCUT2D eigenvalue weighted by atomic mass is 10.0. The number of carbonyl (C=O) groups excluding carboxylic acids is 1. The second-order valence-electron chi connectivity index (χ2n) is 7.93. The van der Waals surface area contributed by atoms with Crippen molar-refractivity contribution in [2.75, 3.05) is 19.6 Å². The fourth-order valence-corrected chi connectivity index (χ4v) is 3.40. The number of nitrogens with zero attached hydrogens (tertiary/aromatic N) is 1. The van der Waals surface area contributed by atoms with Crippen LogP contribution in [0, 0.1) is 11.6 Å². The molecule has 1 saturated heterocycles. The van der Waals surface area contributed by atoms with Crippen LogP contribution in [0.5, 0.6) is 0 Å². The van der Waals surface area contributed by atoms with Crippen LogP contribution in [-0.4, -0.2) is 54.1 Å². The van der Waals surface area contributed by atoms with E-state index in [-0.39, 0.29) is 37.9 Å². The van der Waals surface area contributed by atoms with Gasteiger partial charge in [0.2, 0.25) is 0 Å². The molecule has 3 atom stereocenters. The molecule has 2 rings (SSSR count). The number of amides is 1. The van der Waals surface area contributed by atoms with Gasteiger partial charge in [-0.2, -0.15) is 0 Å².